The Labute approximate surface area is 143 Å². The molecule has 1 aliphatic rings. The summed E-state index contributed by atoms with van der Waals surface area (Å²) in [6.45, 7) is 4.69. The minimum absolute atomic E-state index is 0.135. The van der Waals surface area contributed by atoms with Gasteiger partial charge in [-0.15, -0.1) is 0 Å². The Hall–Kier alpha value is -2.42. The average Bonchev–Trinajstić information content (AvgIpc) is 3.17. The first-order chi connectivity index (χ1) is 11.6. The first-order valence-electron chi connectivity index (χ1n) is 7.88. The Morgan fingerprint density at radius 2 is 1.96 bits per heavy atom. The molecule has 3 aromatic rings. The number of fused-ring (bicyclic) bond motifs is 3. The molecule has 1 saturated heterocycles. The molecule has 0 aromatic carbocycles. The summed E-state index contributed by atoms with van der Waals surface area (Å²) in [5.74, 6) is 0.908. The van der Waals surface area contributed by atoms with E-state index in [1.54, 1.807) is 24.6 Å². The van der Waals surface area contributed by atoms with Crippen molar-refractivity contribution >= 4 is 49.6 Å². The van der Waals surface area contributed by atoms with E-state index in [1.165, 1.54) is 0 Å². The van der Waals surface area contributed by atoms with E-state index < -0.39 is 0 Å². The lowest BCUT2D eigenvalue weighted by Crippen LogP contribution is -2.48. The molecule has 0 saturated carbocycles. The number of nitrogens with one attached hydrogen (secondary N) is 1. The monoisotopic (exact) mass is 345 g/mol. The first-order valence-corrected chi connectivity index (χ1v) is 8.70. The third-order valence-corrected chi connectivity index (χ3v) is 5.44. The van der Waals surface area contributed by atoms with Crippen LogP contribution in [-0.2, 0) is 11.8 Å². The number of nitrogens with zero attached hydrogens (tertiary/aromatic N) is 6. The van der Waals surface area contributed by atoms with Crippen LogP contribution >= 0.6 is 11.3 Å². The van der Waals surface area contributed by atoms with Gasteiger partial charge in [-0.1, -0.05) is 11.3 Å². The summed E-state index contributed by atoms with van der Waals surface area (Å²) < 4.78 is 1.98. The first kappa shape index (κ1) is 15.1. The largest absolute Gasteiger partial charge is 0.371 e. The quantitative estimate of drug-likeness (QED) is 0.754. The zero-order valence-corrected chi connectivity index (χ0v) is 14.7. The van der Waals surface area contributed by atoms with Crippen LogP contribution in [0.3, 0.4) is 0 Å². The summed E-state index contributed by atoms with van der Waals surface area (Å²) in [6, 6.07) is 0. The molecule has 0 radical (unpaired) electrons. The van der Waals surface area contributed by atoms with E-state index in [0.29, 0.717) is 0 Å². The number of rotatable bonds is 2. The maximum atomic E-state index is 11.5. The minimum Gasteiger partial charge on any atom is -0.371 e. The van der Waals surface area contributed by atoms with Crippen molar-refractivity contribution in [3.63, 3.8) is 0 Å². The molecule has 0 bridgehead atoms. The van der Waals surface area contributed by atoms with Gasteiger partial charge in [0.15, 0.2) is 10.9 Å². The number of imidazole rings is 1. The number of amides is 1. The fraction of sp³-hybridized carbons (Fsp3) is 0.467. The van der Waals surface area contributed by atoms with Crippen molar-refractivity contribution in [2.75, 3.05) is 43.4 Å². The minimum atomic E-state index is 0.135. The average molecular weight is 345 g/mol. The molecular formula is C15H19N7OS. The number of aryl methyl sites for hydroxylation is 1. The van der Waals surface area contributed by atoms with Crippen molar-refractivity contribution < 1.29 is 4.79 Å². The van der Waals surface area contributed by atoms with Gasteiger partial charge in [0.25, 0.3) is 0 Å². The molecule has 24 heavy (non-hydrogen) atoms. The Morgan fingerprint density at radius 3 is 2.62 bits per heavy atom. The van der Waals surface area contributed by atoms with E-state index >= 15 is 0 Å². The number of thiazole rings is 1. The van der Waals surface area contributed by atoms with Crippen LogP contribution in [0.4, 0.5) is 10.9 Å². The predicted octanol–water partition coefficient (Wildman–Crippen LogP) is 1.29. The smallest absolute Gasteiger partial charge is 0.219 e. The van der Waals surface area contributed by atoms with Crippen molar-refractivity contribution in [2.24, 2.45) is 7.05 Å². The molecular weight excluding hydrogens is 326 g/mol. The number of aromatic nitrogens is 4. The topological polar surface area (TPSA) is 79.2 Å². The summed E-state index contributed by atoms with van der Waals surface area (Å²) >= 11 is 1.59. The molecule has 0 spiro atoms. The van der Waals surface area contributed by atoms with E-state index in [9.17, 15) is 4.79 Å². The van der Waals surface area contributed by atoms with E-state index in [4.69, 9.17) is 4.98 Å². The summed E-state index contributed by atoms with van der Waals surface area (Å²) in [4.78, 5) is 30.4. The van der Waals surface area contributed by atoms with Gasteiger partial charge in [-0.05, 0) is 0 Å². The van der Waals surface area contributed by atoms with Crippen molar-refractivity contribution in [3.8, 4) is 0 Å². The number of anilines is 2. The van der Waals surface area contributed by atoms with Crippen LogP contribution in [0.25, 0.3) is 21.4 Å². The van der Waals surface area contributed by atoms with Gasteiger partial charge in [-0.3, -0.25) is 4.79 Å². The zero-order valence-electron chi connectivity index (χ0n) is 13.9. The van der Waals surface area contributed by atoms with Crippen LogP contribution in [0.1, 0.15) is 6.92 Å². The number of pyridine rings is 1. The van der Waals surface area contributed by atoms with Crippen molar-refractivity contribution in [1.82, 2.24) is 24.4 Å². The van der Waals surface area contributed by atoms with Gasteiger partial charge in [0.05, 0.1) is 6.33 Å². The lowest BCUT2D eigenvalue weighted by atomic mass is 10.3. The number of carbonyl (C=O) groups excluding carboxylic acids is 1. The molecule has 1 aliphatic heterocycles. The highest BCUT2D eigenvalue weighted by atomic mass is 32.1. The van der Waals surface area contributed by atoms with Gasteiger partial charge >= 0.3 is 0 Å². The van der Waals surface area contributed by atoms with Crippen LogP contribution in [0.5, 0.6) is 0 Å². The van der Waals surface area contributed by atoms with Crippen LogP contribution in [0.15, 0.2) is 6.33 Å². The molecule has 9 heteroatoms. The van der Waals surface area contributed by atoms with Gasteiger partial charge in [0.2, 0.25) is 5.91 Å². The number of piperazine rings is 1. The van der Waals surface area contributed by atoms with Crippen molar-refractivity contribution in [2.45, 2.75) is 6.92 Å². The van der Waals surface area contributed by atoms with Crippen LogP contribution in [0.2, 0.25) is 0 Å². The number of hydrogen-bond acceptors (Lipinski definition) is 7. The normalized spacial score (nSPS) is 15.5. The van der Waals surface area contributed by atoms with Crippen LogP contribution in [0, 0.1) is 0 Å². The third-order valence-electron chi connectivity index (χ3n) is 4.43. The summed E-state index contributed by atoms with van der Waals surface area (Å²) in [6.07, 6.45) is 1.79. The standard InChI is InChI=1S/C15H19N7OS/c1-9(23)21-4-6-22(7-5-21)15-18-11-12-10(17-8-20(12)3)13(16-2)19-14(11)24-15/h8H,4-7H2,1-3H3,(H,16,19). The maximum Gasteiger partial charge on any atom is 0.219 e. The lowest BCUT2D eigenvalue weighted by molar-refractivity contribution is -0.129. The second kappa shape index (κ2) is 5.59. The third kappa shape index (κ3) is 2.27. The van der Waals surface area contributed by atoms with E-state index in [-0.39, 0.29) is 5.91 Å². The molecule has 1 fully saturated rings. The maximum absolute atomic E-state index is 11.5. The predicted molar refractivity (Wildman–Crippen MR) is 95.7 cm³/mol. The van der Waals surface area contributed by atoms with Crippen LogP contribution in [-0.4, -0.2) is 63.6 Å². The van der Waals surface area contributed by atoms with Gasteiger partial charge in [0, 0.05) is 47.2 Å². The number of carbonyl (C=O) groups is 1. The van der Waals surface area contributed by atoms with Gasteiger partial charge in [-0.25, -0.2) is 15.0 Å². The fourth-order valence-electron chi connectivity index (χ4n) is 3.09. The summed E-state index contributed by atoms with van der Waals surface area (Å²) in [5.41, 5.74) is 2.72. The zero-order chi connectivity index (χ0) is 16.8. The molecule has 126 valence electrons. The second-order valence-corrected chi connectivity index (χ2v) is 6.86. The molecule has 1 amide bonds. The molecule has 0 aliphatic carbocycles. The van der Waals surface area contributed by atoms with Gasteiger partial charge < -0.3 is 19.7 Å². The van der Waals surface area contributed by atoms with E-state index in [1.807, 2.05) is 23.6 Å². The van der Waals surface area contributed by atoms with Crippen molar-refractivity contribution in [3.05, 3.63) is 6.33 Å². The Morgan fingerprint density at radius 1 is 1.21 bits per heavy atom. The van der Waals surface area contributed by atoms with Crippen LogP contribution < -0.4 is 10.2 Å². The number of hydrogen-bond donors (Lipinski definition) is 1. The molecule has 4 heterocycles. The highest BCUT2D eigenvalue weighted by Crippen LogP contribution is 2.34. The Balaban J connectivity index is 1.75. The Kier molecular flexibility index (Phi) is 3.52. The molecule has 4 rings (SSSR count). The highest BCUT2D eigenvalue weighted by molar-refractivity contribution is 7.22. The summed E-state index contributed by atoms with van der Waals surface area (Å²) in [7, 11) is 3.82. The molecule has 8 nitrogen and oxygen atoms in total. The van der Waals surface area contributed by atoms with Gasteiger partial charge in [-0.2, -0.15) is 0 Å². The van der Waals surface area contributed by atoms with Gasteiger partial charge in [0.1, 0.15) is 21.4 Å². The molecule has 0 atom stereocenters. The Bertz CT molecular complexity index is 923. The second-order valence-electron chi connectivity index (χ2n) is 5.91. The van der Waals surface area contributed by atoms with E-state index in [2.05, 4.69) is 20.2 Å². The lowest BCUT2D eigenvalue weighted by Gasteiger charge is -2.33. The van der Waals surface area contributed by atoms with E-state index in [0.717, 1.165) is 58.5 Å². The molecule has 1 N–H and O–H groups in total. The van der Waals surface area contributed by atoms with Crippen molar-refractivity contribution in [1.29, 1.82) is 0 Å². The molecule has 3 aromatic heterocycles. The fourth-order valence-corrected chi connectivity index (χ4v) is 4.09. The summed E-state index contributed by atoms with van der Waals surface area (Å²) in [5, 5.41) is 4.07. The molecule has 0 unspecified atom stereocenters. The highest BCUT2D eigenvalue weighted by Gasteiger charge is 2.23. The SMILES string of the molecule is CNc1nc2sc(N3CCN(C(C)=O)CC3)nc2c2c1ncn2C.